The van der Waals surface area contributed by atoms with E-state index in [1.807, 2.05) is 54.6 Å². The molecule has 0 aliphatic carbocycles. The van der Waals surface area contributed by atoms with Crippen molar-refractivity contribution in [1.29, 1.82) is 0 Å². The molecule has 2 fully saturated rings. The quantitative estimate of drug-likeness (QED) is 0.457. The Balaban J connectivity index is 1.16. The maximum absolute atomic E-state index is 14.8. The second kappa shape index (κ2) is 11.3. The highest BCUT2D eigenvalue weighted by Crippen LogP contribution is 2.27. The molecule has 1 N–H and O–H groups in total. The van der Waals surface area contributed by atoms with Crippen molar-refractivity contribution >= 4 is 34.6 Å². The van der Waals surface area contributed by atoms with Crippen LogP contribution < -0.4 is 9.80 Å². The van der Waals surface area contributed by atoms with E-state index in [1.165, 1.54) is 11.8 Å². The van der Waals surface area contributed by atoms with Crippen molar-refractivity contribution in [3.05, 3.63) is 87.7 Å². The van der Waals surface area contributed by atoms with Gasteiger partial charge in [0.1, 0.15) is 11.6 Å². The normalized spacial score (nSPS) is 17.5. The second-order valence-corrected chi connectivity index (χ2v) is 10.4. The number of benzene rings is 3. The monoisotopic (exact) mass is 528 g/mol. The van der Waals surface area contributed by atoms with E-state index in [0.29, 0.717) is 18.7 Å². The Bertz CT molecular complexity index is 1070. The second-order valence-electron chi connectivity index (χ2n) is 9.55. The maximum Gasteiger partial charge on any atom is 0.131 e. The number of rotatable bonds is 6. The molecular formula is C28H31Cl2FN4O. The highest BCUT2D eigenvalue weighted by Gasteiger charge is 2.22. The molecule has 190 valence electrons. The van der Waals surface area contributed by atoms with Crippen molar-refractivity contribution < 1.29 is 9.50 Å². The van der Waals surface area contributed by atoms with Gasteiger partial charge in [0.15, 0.2) is 0 Å². The van der Waals surface area contributed by atoms with Crippen LogP contribution in [0.2, 0.25) is 10.0 Å². The minimum absolute atomic E-state index is 0.0314. The molecule has 0 unspecified atom stereocenters. The predicted molar refractivity (Wildman–Crippen MR) is 146 cm³/mol. The molecule has 3 aromatic rings. The number of phenolic OH excluding ortho intramolecular Hbond substituents is 1. The van der Waals surface area contributed by atoms with Gasteiger partial charge in [-0.05, 0) is 54.6 Å². The van der Waals surface area contributed by atoms with Crippen LogP contribution in [0.5, 0.6) is 5.75 Å². The molecule has 5 nitrogen and oxygen atoms in total. The third kappa shape index (κ3) is 6.06. The molecule has 0 atom stereocenters. The van der Waals surface area contributed by atoms with E-state index in [4.69, 9.17) is 23.2 Å². The Hall–Kier alpha value is -2.51. The molecule has 0 amide bonds. The van der Waals surface area contributed by atoms with E-state index in [2.05, 4.69) is 19.6 Å². The summed E-state index contributed by atoms with van der Waals surface area (Å²) >= 11 is 12.0. The first kappa shape index (κ1) is 25.2. The van der Waals surface area contributed by atoms with Crippen LogP contribution in [0.15, 0.2) is 60.7 Å². The van der Waals surface area contributed by atoms with Crippen LogP contribution in [0.1, 0.15) is 11.1 Å². The molecule has 5 rings (SSSR count). The molecule has 3 aromatic carbocycles. The van der Waals surface area contributed by atoms with Crippen LogP contribution in [0, 0.1) is 5.82 Å². The van der Waals surface area contributed by atoms with Crippen molar-refractivity contribution in [2.24, 2.45) is 0 Å². The zero-order valence-corrected chi connectivity index (χ0v) is 21.7. The number of hydrogen-bond donors (Lipinski definition) is 1. The van der Waals surface area contributed by atoms with E-state index in [1.54, 1.807) is 0 Å². The topological polar surface area (TPSA) is 33.2 Å². The maximum atomic E-state index is 14.8. The van der Waals surface area contributed by atoms with Crippen LogP contribution in [-0.4, -0.2) is 67.3 Å². The Morgan fingerprint density at radius 3 is 1.47 bits per heavy atom. The summed E-state index contributed by atoms with van der Waals surface area (Å²) in [5, 5.41) is 11.9. The highest BCUT2D eigenvalue weighted by molar-refractivity contribution is 6.30. The predicted octanol–water partition coefficient (Wildman–Crippen LogP) is 5.48. The standard InChI is InChI=1S/C28H31Cl2FN4O/c29-23-1-5-25(6-2-23)34-13-9-32(10-14-34)19-21-17-22(28(36)18-27(21)31)20-33-11-15-35(16-12-33)26-7-3-24(30)4-8-26/h1-8,17-18,36H,9-16,19-20H2. The zero-order chi connectivity index (χ0) is 25.1. The number of nitrogens with zero attached hydrogens (tertiary/aromatic N) is 4. The third-order valence-electron chi connectivity index (χ3n) is 7.16. The van der Waals surface area contributed by atoms with E-state index < -0.39 is 0 Å². The van der Waals surface area contributed by atoms with Gasteiger partial charge in [0.25, 0.3) is 0 Å². The van der Waals surface area contributed by atoms with Gasteiger partial charge in [-0.15, -0.1) is 0 Å². The van der Waals surface area contributed by atoms with Crippen LogP contribution in [0.4, 0.5) is 15.8 Å². The minimum atomic E-state index is -0.344. The summed E-state index contributed by atoms with van der Waals surface area (Å²) in [6, 6.07) is 19.0. The molecule has 8 heteroatoms. The van der Waals surface area contributed by atoms with Crippen molar-refractivity contribution in [3.8, 4) is 5.75 Å². The van der Waals surface area contributed by atoms with Gasteiger partial charge in [0.05, 0.1) is 0 Å². The molecule has 2 aliphatic heterocycles. The van der Waals surface area contributed by atoms with Crippen molar-refractivity contribution in [2.75, 3.05) is 62.2 Å². The number of halogens is 3. The van der Waals surface area contributed by atoms with Gasteiger partial charge in [-0.3, -0.25) is 9.80 Å². The first-order chi connectivity index (χ1) is 17.4. The Kier molecular flexibility index (Phi) is 7.87. The average Bonchev–Trinajstić information content (AvgIpc) is 2.89. The van der Waals surface area contributed by atoms with Crippen LogP contribution in [-0.2, 0) is 13.1 Å². The molecule has 0 aromatic heterocycles. The molecule has 36 heavy (non-hydrogen) atoms. The number of hydrogen-bond acceptors (Lipinski definition) is 5. The number of phenols is 1. The van der Waals surface area contributed by atoms with E-state index in [0.717, 1.165) is 73.7 Å². The first-order valence-corrected chi connectivity index (χ1v) is 13.2. The zero-order valence-electron chi connectivity index (χ0n) is 20.2. The van der Waals surface area contributed by atoms with Gasteiger partial charge < -0.3 is 14.9 Å². The van der Waals surface area contributed by atoms with Crippen molar-refractivity contribution in [2.45, 2.75) is 13.1 Å². The van der Waals surface area contributed by atoms with E-state index in [9.17, 15) is 9.50 Å². The summed E-state index contributed by atoms with van der Waals surface area (Å²) in [5.74, 6) is -0.312. The minimum Gasteiger partial charge on any atom is -0.508 e. The third-order valence-corrected chi connectivity index (χ3v) is 7.67. The molecule has 0 bridgehead atoms. The number of anilines is 2. The van der Waals surface area contributed by atoms with Crippen LogP contribution in [0.3, 0.4) is 0 Å². The summed E-state index contributed by atoms with van der Waals surface area (Å²) in [6.45, 7) is 8.16. The van der Waals surface area contributed by atoms with Crippen molar-refractivity contribution in [3.63, 3.8) is 0 Å². The lowest BCUT2D eigenvalue weighted by molar-refractivity contribution is 0.241. The van der Waals surface area contributed by atoms with Gasteiger partial charge >= 0.3 is 0 Å². The number of aromatic hydroxyl groups is 1. The Labute approximate surface area is 222 Å². The molecular weight excluding hydrogens is 498 g/mol. The van der Waals surface area contributed by atoms with Gasteiger partial charge in [-0.1, -0.05) is 23.2 Å². The lowest BCUT2D eigenvalue weighted by Gasteiger charge is -2.37. The van der Waals surface area contributed by atoms with E-state index >= 15 is 0 Å². The molecule has 0 spiro atoms. The highest BCUT2D eigenvalue weighted by atomic mass is 35.5. The smallest absolute Gasteiger partial charge is 0.131 e. The summed E-state index contributed by atoms with van der Waals surface area (Å²) in [5.41, 5.74) is 3.75. The van der Waals surface area contributed by atoms with Gasteiger partial charge in [-0.25, -0.2) is 4.39 Å². The molecule has 2 heterocycles. The average molecular weight is 529 g/mol. The number of piperazine rings is 2. The first-order valence-electron chi connectivity index (χ1n) is 12.4. The summed E-state index contributed by atoms with van der Waals surface area (Å²) < 4.78 is 14.8. The Morgan fingerprint density at radius 1 is 0.611 bits per heavy atom. The fourth-order valence-corrected chi connectivity index (χ4v) is 5.27. The van der Waals surface area contributed by atoms with Gasteiger partial charge in [0.2, 0.25) is 0 Å². The van der Waals surface area contributed by atoms with Crippen molar-refractivity contribution in [1.82, 2.24) is 9.80 Å². The van der Waals surface area contributed by atoms with Gasteiger partial charge in [-0.2, -0.15) is 0 Å². The molecule has 2 aliphatic rings. The largest absolute Gasteiger partial charge is 0.508 e. The molecule has 2 saturated heterocycles. The van der Waals surface area contributed by atoms with Crippen LogP contribution in [0.25, 0.3) is 0 Å². The lowest BCUT2D eigenvalue weighted by atomic mass is 10.1. The summed E-state index contributed by atoms with van der Waals surface area (Å²) in [6.07, 6.45) is 0. The fraction of sp³-hybridized carbons (Fsp3) is 0.357. The summed E-state index contributed by atoms with van der Waals surface area (Å²) in [7, 11) is 0. The van der Waals surface area contributed by atoms with Gasteiger partial charge in [0, 0.05) is 104 Å². The van der Waals surface area contributed by atoms with E-state index in [-0.39, 0.29) is 11.6 Å². The molecule has 0 saturated carbocycles. The Morgan fingerprint density at radius 2 is 1.03 bits per heavy atom. The SMILES string of the molecule is Oc1cc(F)c(CN2CCN(c3ccc(Cl)cc3)CC2)cc1CN1CCN(c2ccc(Cl)cc2)CC1. The lowest BCUT2D eigenvalue weighted by Crippen LogP contribution is -2.46. The molecule has 0 radical (unpaired) electrons. The fourth-order valence-electron chi connectivity index (χ4n) is 5.02. The van der Waals surface area contributed by atoms with Crippen LogP contribution >= 0.6 is 23.2 Å². The summed E-state index contributed by atoms with van der Waals surface area (Å²) in [4.78, 5) is 9.26.